The van der Waals surface area contributed by atoms with Gasteiger partial charge >= 0.3 is 24.1 Å². The average Bonchev–Trinajstić information content (AvgIpc) is 2.79. The molecule has 0 amide bonds. The van der Waals surface area contributed by atoms with Gasteiger partial charge < -0.3 is 29.0 Å². The van der Waals surface area contributed by atoms with Crippen LogP contribution in [0.15, 0.2) is 18.2 Å². The molecule has 0 aromatic heterocycles. The van der Waals surface area contributed by atoms with Crippen molar-refractivity contribution < 1.29 is 42.9 Å². The topological polar surface area (TPSA) is 126 Å². The summed E-state index contributed by atoms with van der Waals surface area (Å²) in [7, 11) is 1.27. The first kappa shape index (κ1) is 33.9. The zero-order chi connectivity index (χ0) is 29.8. The van der Waals surface area contributed by atoms with E-state index in [-0.39, 0.29) is 60.8 Å². The first-order valence-electron chi connectivity index (χ1n) is 13.2. The third kappa shape index (κ3) is 14.6. The third-order valence-corrected chi connectivity index (χ3v) is 5.32. The number of carbonyl (C=O) groups excluding carboxylic acids is 4. The van der Waals surface area contributed by atoms with Crippen molar-refractivity contribution in [2.75, 3.05) is 20.3 Å². The van der Waals surface area contributed by atoms with Crippen LogP contribution in [0.3, 0.4) is 0 Å². The largest absolute Gasteiger partial charge is 0.508 e. The van der Waals surface area contributed by atoms with Crippen LogP contribution in [0.1, 0.15) is 80.2 Å². The number of hydrogen-bond donors (Lipinski definition) is 1. The van der Waals surface area contributed by atoms with E-state index in [0.717, 1.165) is 0 Å². The number of esters is 3. The minimum atomic E-state index is -0.781. The lowest BCUT2D eigenvalue weighted by molar-refractivity contribution is -0.143. The first-order chi connectivity index (χ1) is 18.0. The summed E-state index contributed by atoms with van der Waals surface area (Å²) in [6.07, 6.45) is 0.128. The molecule has 0 heterocycles. The van der Waals surface area contributed by atoms with Crippen molar-refractivity contribution in [2.24, 2.45) is 10.8 Å². The Morgan fingerprint density at radius 1 is 0.897 bits per heavy atom. The van der Waals surface area contributed by atoms with Gasteiger partial charge in [-0.3, -0.25) is 14.4 Å². The number of methoxy groups -OCH3 is 1. The Hall–Kier alpha value is -3.14. The maximum atomic E-state index is 12.6. The standard InChI is InChI=1S/C29H45NO9/c1-10-19(2)37-27(34)36-14-13-30-21(26(33)35-9)15-20-11-12-22(38-24(31)17-28(3,4)5)23(16-20)39-25(32)18-29(6,7)8/h11-12,16,19,21,30H,10,13-15,17-18H2,1-9H3/t19?,21-/m0/s1. The van der Waals surface area contributed by atoms with E-state index in [1.807, 2.05) is 48.5 Å². The number of hydrogen-bond acceptors (Lipinski definition) is 10. The Balaban J connectivity index is 3.03. The SMILES string of the molecule is CCC(C)OC(=O)OCCN[C@@H](Cc1ccc(OC(=O)CC(C)(C)C)c(OC(=O)CC(C)(C)C)c1)C(=O)OC. The molecule has 1 rings (SSSR count). The van der Waals surface area contributed by atoms with Gasteiger partial charge in [-0.1, -0.05) is 54.5 Å². The summed E-state index contributed by atoms with van der Waals surface area (Å²) in [5.41, 5.74) is 0.0405. The molecule has 0 saturated carbocycles. The van der Waals surface area contributed by atoms with Crippen molar-refractivity contribution in [1.82, 2.24) is 5.32 Å². The Kier molecular flexibility index (Phi) is 13.4. The van der Waals surface area contributed by atoms with Crippen molar-refractivity contribution in [3.05, 3.63) is 23.8 Å². The molecule has 1 aromatic carbocycles. The smallest absolute Gasteiger partial charge is 0.468 e. The van der Waals surface area contributed by atoms with Gasteiger partial charge in [0.05, 0.1) is 20.0 Å². The van der Waals surface area contributed by atoms with Crippen LogP contribution >= 0.6 is 0 Å². The Morgan fingerprint density at radius 3 is 1.97 bits per heavy atom. The maximum Gasteiger partial charge on any atom is 0.508 e. The van der Waals surface area contributed by atoms with E-state index in [2.05, 4.69) is 5.32 Å². The molecule has 0 spiro atoms. The van der Waals surface area contributed by atoms with E-state index in [4.69, 9.17) is 23.7 Å². The van der Waals surface area contributed by atoms with E-state index in [9.17, 15) is 19.2 Å². The number of nitrogens with one attached hydrogen (secondary N) is 1. The second-order valence-electron chi connectivity index (χ2n) is 11.9. The molecule has 1 aromatic rings. The van der Waals surface area contributed by atoms with Gasteiger partial charge in [-0.05, 0) is 48.3 Å². The molecular formula is C29H45NO9. The van der Waals surface area contributed by atoms with Crippen molar-refractivity contribution in [1.29, 1.82) is 0 Å². The highest BCUT2D eigenvalue weighted by atomic mass is 16.7. The summed E-state index contributed by atoms with van der Waals surface area (Å²) >= 11 is 0. The van der Waals surface area contributed by atoms with E-state index in [1.54, 1.807) is 19.1 Å². The first-order valence-corrected chi connectivity index (χ1v) is 13.2. The van der Waals surface area contributed by atoms with Crippen molar-refractivity contribution in [3.8, 4) is 11.5 Å². The lowest BCUT2D eigenvalue weighted by Crippen LogP contribution is -2.41. The minimum Gasteiger partial charge on any atom is -0.468 e. The highest BCUT2D eigenvalue weighted by Gasteiger charge is 2.24. The summed E-state index contributed by atoms with van der Waals surface area (Å²) in [5.74, 6) is -1.25. The molecule has 10 nitrogen and oxygen atoms in total. The molecule has 0 radical (unpaired) electrons. The zero-order valence-corrected chi connectivity index (χ0v) is 24.8. The molecule has 0 fully saturated rings. The fraction of sp³-hybridized carbons (Fsp3) is 0.655. The molecule has 10 heteroatoms. The summed E-state index contributed by atoms with van der Waals surface area (Å²) in [6, 6.07) is 4.01. The van der Waals surface area contributed by atoms with Crippen molar-refractivity contribution >= 4 is 24.1 Å². The van der Waals surface area contributed by atoms with Crippen LogP contribution in [0.4, 0.5) is 4.79 Å². The van der Waals surface area contributed by atoms with Crippen LogP contribution in [0.2, 0.25) is 0 Å². The summed E-state index contributed by atoms with van der Waals surface area (Å²) in [6.45, 7) is 15.3. The summed E-state index contributed by atoms with van der Waals surface area (Å²) in [4.78, 5) is 49.2. The van der Waals surface area contributed by atoms with Crippen LogP contribution in [0, 0.1) is 10.8 Å². The fourth-order valence-corrected chi connectivity index (χ4v) is 3.29. The van der Waals surface area contributed by atoms with Crippen LogP contribution in [0.25, 0.3) is 0 Å². The van der Waals surface area contributed by atoms with Gasteiger partial charge in [0.2, 0.25) is 0 Å². The van der Waals surface area contributed by atoms with Gasteiger partial charge in [0.15, 0.2) is 11.5 Å². The van der Waals surface area contributed by atoms with Gasteiger partial charge in [-0.15, -0.1) is 0 Å². The zero-order valence-electron chi connectivity index (χ0n) is 24.8. The lowest BCUT2D eigenvalue weighted by Gasteiger charge is -2.20. The van der Waals surface area contributed by atoms with Gasteiger partial charge in [-0.2, -0.15) is 0 Å². The maximum absolute atomic E-state index is 12.6. The average molecular weight is 552 g/mol. The molecule has 0 aliphatic carbocycles. The Bertz CT molecular complexity index is 976. The van der Waals surface area contributed by atoms with Gasteiger partial charge in [-0.25, -0.2) is 4.79 Å². The Labute approximate surface area is 232 Å². The quantitative estimate of drug-likeness (QED) is 0.203. The van der Waals surface area contributed by atoms with Gasteiger partial charge in [0.1, 0.15) is 18.8 Å². The third-order valence-electron chi connectivity index (χ3n) is 5.32. The molecule has 2 atom stereocenters. The highest BCUT2D eigenvalue weighted by molar-refractivity contribution is 5.78. The van der Waals surface area contributed by atoms with Crippen molar-refractivity contribution in [3.63, 3.8) is 0 Å². The second kappa shape index (κ2) is 15.5. The molecule has 0 bridgehead atoms. The monoisotopic (exact) mass is 551 g/mol. The van der Waals surface area contributed by atoms with Crippen LogP contribution < -0.4 is 14.8 Å². The molecule has 1 N–H and O–H groups in total. The molecule has 0 aliphatic rings. The van der Waals surface area contributed by atoms with Crippen LogP contribution in [-0.2, 0) is 35.0 Å². The lowest BCUT2D eigenvalue weighted by atomic mass is 9.92. The minimum absolute atomic E-state index is 0.0128. The van der Waals surface area contributed by atoms with Crippen LogP contribution in [-0.4, -0.2) is 56.5 Å². The summed E-state index contributed by atoms with van der Waals surface area (Å²) < 4.78 is 26.1. The highest BCUT2D eigenvalue weighted by Crippen LogP contribution is 2.32. The van der Waals surface area contributed by atoms with E-state index in [0.29, 0.717) is 12.0 Å². The number of ether oxygens (including phenoxy) is 5. The fourth-order valence-electron chi connectivity index (χ4n) is 3.29. The van der Waals surface area contributed by atoms with Crippen molar-refractivity contribution in [2.45, 2.75) is 93.2 Å². The van der Waals surface area contributed by atoms with Crippen LogP contribution in [0.5, 0.6) is 11.5 Å². The normalized spacial score (nSPS) is 13.2. The van der Waals surface area contributed by atoms with Gasteiger partial charge in [0.25, 0.3) is 0 Å². The number of rotatable bonds is 13. The molecule has 0 aliphatic heterocycles. The number of carbonyl (C=O) groups is 4. The molecule has 220 valence electrons. The predicted octanol–water partition coefficient (Wildman–Crippen LogP) is 5.00. The predicted molar refractivity (Wildman–Crippen MR) is 146 cm³/mol. The summed E-state index contributed by atoms with van der Waals surface area (Å²) in [5, 5.41) is 3.01. The number of benzene rings is 1. The Morgan fingerprint density at radius 2 is 1.46 bits per heavy atom. The van der Waals surface area contributed by atoms with Gasteiger partial charge in [0, 0.05) is 6.54 Å². The van der Waals surface area contributed by atoms with E-state index in [1.165, 1.54) is 13.2 Å². The molecular weight excluding hydrogens is 506 g/mol. The van der Waals surface area contributed by atoms with E-state index >= 15 is 0 Å². The second-order valence-corrected chi connectivity index (χ2v) is 11.9. The molecule has 1 unspecified atom stereocenters. The molecule has 0 saturated heterocycles. The van der Waals surface area contributed by atoms with E-state index < -0.39 is 30.1 Å². The molecule has 39 heavy (non-hydrogen) atoms.